The van der Waals surface area contributed by atoms with Crippen LogP contribution in [-0.4, -0.2) is 38.7 Å². The van der Waals surface area contributed by atoms with Crippen molar-refractivity contribution in [1.82, 2.24) is 24.8 Å². The molecule has 1 aliphatic rings. The number of hydrogen-bond donors (Lipinski definition) is 2. The van der Waals surface area contributed by atoms with Crippen LogP contribution in [0.1, 0.15) is 32.7 Å². The van der Waals surface area contributed by atoms with Crippen molar-refractivity contribution in [2.24, 2.45) is 0 Å². The maximum Gasteiger partial charge on any atom is 0.205 e. The van der Waals surface area contributed by atoms with Gasteiger partial charge in [-0.15, -0.1) is 12.4 Å². The second-order valence-electron chi connectivity index (χ2n) is 5.42. The standard InChI is InChI=1S/C13H19ClN6.ClH/c1-8(2)18-13-19-10-11(14)16-7-17-12(10)20(13)9-3-5-15-6-4-9;/h7-9,15H,3-6H2,1-2H3,(H,18,19);1H. The number of nitrogens with zero attached hydrogens (tertiary/aromatic N) is 4. The Morgan fingerprint density at radius 1 is 1.33 bits per heavy atom. The van der Waals surface area contributed by atoms with Crippen molar-refractivity contribution in [3.63, 3.8) is 0 Å². The highest BCUT2D eigenvalue weighted by Gasteiger charge is 2.23. The fourth-order valence-corrected chi connectivity index (χ4v) is 2.82. The molecule has 0 radical (unpaired) electrons. The molecule has 0 atom stereocenters. The molecule has 1 fully saturated rings. The first-order valence-corrected chi connectivity index (χ1v) is 7.40. The number of hydrogen-bond acceptors (Lipinski definition) is 5. The molecule has 1 saturated heterocycles. The minimum absolute atomic E-state index is 0. The molecule has 116 valence electrons. The Labute approximate surface area is 135 Å². The molecule has 3 heterocycles. The molecule has 2 aromatic rings. The zero-order valence-corrected chi connectivity index (χ0v) is 13.7. The first-order valence-electron chi connectivity index (χ1n) is 7.02. The van der Waals surface area contributed by atoms with Gasteiger partial charge < -0.3 is 10.6 Å². The van der Waals surface area contributed by atoms with Crippen LogP contribution in [0.25, 0.3) is 11.2 Å². The molecule has 0 amide bonds. The summed E-state index contributed by atoms with van der Waals surface area (Å²) in [6.45, 7) is 6.23. The zero-order chi connectivity index (χ0) is 14.1. The molecule has 2 N–H and O–H groups in total. The van der Waals surface area contributed by atoms with E-state index in [2.05, 4.69) is 44.0 Å². The Bertz CT molecular complexity index is 606. The number of piperidine rings is 1. The third-order valence-electron chi connectivity index (χ3n) is 3.52. The van der Waals surface area contributed by atoms with Gasteiger partial charge in [-0.05, 0) is 39.8 Å². The summed E-state index contributed by atoms with van der Waals surface area (Å²) in [5.41, 5.74) is 1.50. The van der Waals surface area contributed by atoms with E-state index in [1.165, 1.54) is 6.33 Å². The van der Waals surface area contributed by atoms with E-state index in [0.717, 1.165) is 37.5 Å². The van der Waals surface area contributed by atoms with Gasteiger partial charge in [0.05, 0.1) is 0 Å². The second kappa shape index (κ2) is 6.77. The Kier molecular flexibility index (Phi) is 5.24. The average molecular weight is 331 g/mol. The van der Waals surface area contributed by atoms with Gasteiger partial charge in [0.25, 0.3) is 0 Å². The maximum atomic E-state index is 6.15. The fourth-order valence-electron chi connectivity index (χ4n) is 2.65. The molecular formula is C13H20Cl2N6. The monoisotopic (exact) mass is 330 g/mol. The molecule has 21 heavy (non-hydrogen) atoms. The van der Waals surface area contributed by atoms with Crippen LogP contribution < -0.4 is 10.6 Å². The van der Waals surface area contributed by atoms with Crippen LogP contribution in [0.4, 0.5) is 5.95 Å². The van der Waals surface area contributed by atoms with E-state index in [4.69, 9.17) is 11.6 Å². The van der Waals surface area contributed by atoms with Crippen molar-refractivity contribution in [2.45, 2.75) is 38.8 Å². The predicted molar refractivity (Wildman–Crippen MR) is 87.5 cm³/mol. The number of rotatable bonds is 3. The van der Waals surface area contributed by atoms with E-state index in [1.54, 1.807) is 0 Å². The Balaban J connectivity index is 0.00000161. The lowest BCUT2D eigenvalue weighted by molar-refractivity contribution is 0.376. The predicted octanol–water partition coefficient (Wildman–Crippen LogP) is 2.65. The summed E-state index contributed by atoms with van der Waals surface area (Å²) in [7, 11) is 0. The van der Waals surface area contributed by atoms with Crippen LogP contribution in [0.2, 0.25) is 5.15 Å². The third kappa shape index (κ3) is 3.22. The second-order valence-corrected chi connectivity index (χ2v) is 5.78. The fraction of sp³-hybridized carbons (Fsp3) is 0.615. The first kappa shape index (κ1) is 16.3. The summed E-state index contributed by atoms with van der Waals surface area (Å²) < 4.78 is 2.18. The smallest absolute Gasteiger partial charge is 0.205 e. The average Bonchev–Trinajstić information content (AvgIpc) is 2.78. The van der Waals surface area contributed by atoms with Gasteiger partial charge in [-0.1, -0.05) is 11.6 Å². The van der Waals surface area contributed by atoms with Crippen molar-refractivity contribution >= 4 is 41.1 Å². The van der Waals surface area contributed by atoms with Gasteiger partial charge in [0.15, 0.2) is 10.8 Å². The van der Waals surface area contributed by atoms with Crippen LogP contribution in [0, 0.1) is 0 Å². The highest BCUT2D eigenvalue weighted by Crippen LogP contribution is 2.30. The molecule has 0 aliphatic carbocycles. The SMILES string of the molecule is CC(C)Nc1nc2c(Cl)ncnc2n1C1CCNCC1.Cl. The summed E-state index contributed by atoms with van der Waals surface area (Å²) in [5.74, 6) is 0.837. The molecule has 6 nitrogen and oxygen atoms in total. The molecule has 8 heteroatoms. The number of aromatic nitrogens is 4. The molecule has 0 bridgehead atoms. The molecule has 2 aromatic heterocycles. The number of fused-ring (bicyclic) bond motifs is 1. The normalized spacial score (nSPS) is 16.2. The first-order chi connectivity index (χ1) is 9.66. The molecule has 0 unspecified atom stereocenters. The highest BCUT2D eigenvalue weighted by atomic mass is 35.5. The maximum absolute atomic E-state index is 6.15. The number of halogens is 2. The van der Waals surface area contributed by atoms with Crippen molar-refractivity contribution in [3.8, 4) is 0 Å². The van der Waals surface area contributed by atoms with Crippen LogP contribution in [0.5, 0.6) is 0 Å². The Morgan fingerprint density at radius 3 is 2.71 bits per heavy atom. The van der Waals surface area contributed by atoms with Crippen LogP contribution in [0.15, 0.2) is 6.33 Å². The van der Waals surface area contributed by atoms with Gasteiger partial charge >= 0.3 is 0 Å². The highest BCUT2D eigenvalue weighted by molar-refractivity contribution is 6.33. The zero-order valence-electron chi connectivity index (χ0n) is 12.1. The topological polar surface area (TPSA) is 67.7 Å². The van der Waals surface area contributed by atoms with Gasteiger partial charge in [-0.3, -0.25) is 4.57 Å². The van der Waals surface area contributed by atoms with Gasteiger partial charge in [0, 0.05) is 12.1 Å². The van der Waals surface area contributed by atoms with E-state index in [1.807, 2.05) is 0 Å². The Morgan fingerprint density at radius 2 is 2.05 bits per heavy atom. The minimum Gasteiger partial charge on any atom is -0.353 e. The summed E-state index contributed by atoms with van der Waals surface area (Å²) in [5, 5.41) is 7.19. The van der Waals surface area contributed by atoms with Gasteiger partial charge in [0.1, 0.15) is 11.8 Å². The lowest BCUT2D eigenvalue weighted by atomic mass is 10.1. The molecule has 3 rings (SSSR count). The van der Waals surface area contributed by atoms with Gasteiger partial charge in [-0.2, -0.15) is 0 Å². The van der Waals surface area contributed by atoms with Crippen molar-refractivity contribution < 1.29 is 0 Å². The lowest BCUT2D eigenvalue weighted by Gasteiger charge is -2.26. The third-order valence-corrected chi connectivity index (χ3v) is 3.80. The van der Waals surface area contributed by atoms with E-state index in [-0.39, 0.29) is 12.4 Å². The molecular weight excluding hydrogens is 311 g/mol. The van der Waals surface area contributed by atoms with E-state index >= 15 is 0 Å². The van der Waals surface area contributed by atoms with Crippen molar-refractivity contribution in [1.29, 1.82) is 0 Å². The van der Waals surface area contributed by atoms with Crippen LogP contribution >= 0.6 is 24.0 Å². The van der Waals surface area contributed by atoms with E-state index in [9.17, 15) is 0 Å². The van der Waals surface area contributed by atoms with Crippen LogP contribution in [-0.2, 0) is 0 Å². The van der Waals surface area contributed by atoms with Gasteiger partial charge in [0.2, 0.25) is 5.95 Å². The summed E-state index contributed by atoms with van der Waals surface area (Å²) in [6, 6.07) is 0.701. The van der Waals surface area contributed by atoms with E-state index < -0.39 is 0 Å². The summed E-state index contributed by atoms with van der Waals surface area (Å²) >= 11 is 6.15. The Hall–Kier alpha value is -1.11. The van der Waals surface area contributed by atoms with E-state index in [0.29, 0.717) is 22.8 Å². The minimum atomic E-state index is 0. The lowest BCUT2D eigenvalue weighted by Crippen LogP contribution is -2.30. The number of nitrogens with one attached hydrogen (secondary N) is 2. The van der Waals surface area contributed by atoms with Crippen molar-refractivity contribution in [2.75, 3.05) is 18.4 Å². The quantitative estimate of drug-likeness (QED) is 0.847. The number of imidazole rings is 1. The van der Waals surface area contributed by atoms with Crippen LogP contribution in [0.3, 0.4) is 0 Å². The molecule has 1 aliphatic heterocycles. The molecule has 0 aromatic carbocycles. The summed E-state index contributed by atoms with van der Waals surface area (Å²) in [4.78, 5) is 13.0. The van der Waals surface area contributed by atoms with Gasteiger partial charge in [-0.25, -0.2) is 15.0 Å². The molecule has 0 saturated carbocycles. The van der Waals surface area contributed by atoms with Crippen molar-refractivity contribution in [3.05, 3.63) is 11.5 Å². The largest absolute Gasteiger partial charge is 0.353 e. The summed E-state index contributed by atoms with van der Waals surface area (Å²) in [6.07, 6.45) is 3.64. The molecule has 0 spiro atoms. The number of anilines is 1.